The predicted octanol–water partition coefficient (Wildman–Crippen LogP) is 1.86. The molecule has 0 aromatic carbocycles. The second-order valence-electron chi connectivity index (χ2n) is 6.76. The van der Waals surface area contributed by atoms with Crippen molar-refractivity contribution in [2.45, 2.75) is 72.0 Å². The molecule has 19 heavy (non-hydrogen) atoms. The molecule has 0 aromatic rings. The maximum Gasteiger partial charge on any atom is 0.194 e. The van der Waals surface area contributed by atoms with Crippen LogP contribution in [0.2, 0.25) is 0 Å². The highest BCUT2D eigenvalue weighted by molar-refractivity contribution is 6.08. The van der Waals surface area contributed by atoms with Crippen molar-refractivity contribution in [2.75, 3.05) is 0 Å². The van der Waals surface area contributed by atoms with Gasteiger partial charge < -0.3 is 10.2 Å². The van der Waals surface area contributed by atoms with Gasteiger partial charge in [0.05, 0.1) is 10.8 Å². The topological polar surface area (TPSA) is 74.6 Å². The highest BCUT2D eigenvalue weighted by atomic mass is 16.3. The number of carbonyl (C=O) groups is 2. The number of hydrogen-bond acceptors (Lipinski definition) is 4. The van der Waals surface area contributed by atoms with E-state index in [-0.39, 0.29) is 12.2 Å². The first-order valence-corrected chi connectivity index (χ1v) is 7.03. The van der Waals surface area contributed by atoms with Crippen LogP contribution in [0.5, 0.6) is 0 Å². The van der Waals surface area contributed by atoms with Gasteiger partial charge in [-0.25, -0.2) is 0 Å². The molecule has 2 N–H and O–H groups in total. The summed E-state index contributed by atoms with van der Waals surface area (Å²) < 4.78 is 0. The van der Waals surface area contributed by atoms with Crippen LogP contribution >= 0.6 is 0 Å². The molecule has 1 aliphatic carbocycles. The minimum atomic E-state index is -1.76. The number of rotatable bonds is 4. The van der Waals surface area contributed by atoms with Gasteiger partial charge in [-0.3, -0.25) is 9.59 Å². The zero-order chi connectivity index (χ0) is 15.1. The average Bonchev–Trinajstić information content (AvgIpc) is 2.34. The molecule has 0 radical (unpaired) electrons. The third-order valence-electron chi connectivity index (χ3n) is 4.67. The molecular formula is C15H26O4. The third kappa shape index (κ3) is 2.25. The Morgan fingerprint density at radius 3 is 2.11 bits per heavy atom. The molecule has 110 valence electrons. The van der Waals surface area contributed by atoms with E-state index in [9.17, 15) is 19.8 Å². The summed E-state index contributed by atoms with van der Waals surface area (Å²) in [4.78, 5) is 24.9. The van der Waals surface area contributed by atoms with Crippen LogP contribution in [0.3, 0.4) is 0 Å². The Morgan fingerprint density at radius 2 is 1.63 bits per heavy atom. The van der Waals surface area contributed by atoms with Crippen molar-refractivity contribution in [1.29, 1.82) is 0 Å². The molecular weight excluding hydrogens is 244 g/mol. The minimum Gasteiger partial charge on any atom is -0.384 e. The Hall–Kier alpha value is -0.740. The van der Waals surface area contributed by atoms with E-state index in [1.54, 1.807) is 27.7 Å². The lowest BCUT2D eigenvalue weighted by atomic mass is 9.53. The first-order chi connectivity index (χ1) is 8.53. The maximum absolute atomic E-state index is 12.5. The van der Waals surface area contributed by atoms with Gasteiger partial charge in [0.15, 0.2) is 5.78 Å². The summed E-state index contributed by atoms with van der Waals surface area (Å²) in [6.45, 7) is 8.36. The molecule has 0 spiro atoms. The molecule has 1 rings (SSSR count). The molecule has 4 heteroatoms. The van der Waals surface area contributed by atoms with Crippen molar-refractivity contribution in [3.05, 3.63) is 0 Å². The number of aliphatic hydroxyl groups is 2. The fraction of sp³-hybridized carbons (Fsp3) is 0.867. The van der Waals surface area contributed by atoms with Crippen molar-refractivity contribution in [2.24, 2.45) is 10.8 Å². The van der Waals surface area contributed by atoms with Crippen LogP contribution < -0.4 is 0 Å². The van der Waals surface area contributed by atoms with Gasteiger partial charge in [-0.05, 0) is 34.1 Å². The lowest BCUT2D eigenvalue weighted by molar-refractivity contribution is -0.191. The number of unbranched alkanes of at least 4 members (excludes halogenated alkanes) is 2. The second-order valence-corrected chi connectivity index (χ2v) is 6.76. The van der Waals surface area contributed by atoms with Crippen LogP contribution in [0.1, 0.15) is 60.3 Å². The average molecular weight is 270 g/mol. The molecule has 0 aromatic heterocycles. The Bertz CT molecular complexity index is 384. The summed E-state index contributed by atoms with van der Waals surface area (Å²) in [6.07, 6.45) is 1.32. The SMILES string of the molecule is CCCCCC1(O)C(=O)C(O)C(C)(C)C(=O)C1(C)C. The van der Waals surface area contributed by atoms with E-state index in [0.717, 1.165) is 12.8 Å². The highest BCUT2D eigenvalue weighted by Gasteiger charge is 2.65. The van der Waals surface area contributed by atoms with E-state index in [1.807, 2.05) is 6.92 Å². The van der Waals surface area contributed by atoms with Crippen LogP contribution in [-0.4, -0.2) is 33.5 Å². The number of hydrogen-bond donors (Lipinski definition) is 2. The zero-order valence-corrected chi connectivity index (χ0v) is 12.6. The van der Waals surface area contributed by atoms with Gasteiger partial charge in [0, 0.05) is 0 Å². The molecule has 4 nitrogen and oxygen atoms in total. The summed E-state index contributed by atoms with van der Waals surface area (Å²) >= 11 is 0. The monoisotopic (exact) mass is 270 g/mol. The smallest absolute Gasteiger partial charge is 0.194 e. The Labute approximate surface area is 115 Å². The van der Waals surface area contributed by atoms with Gasteiger partial charge in [0.1, 0.15) is 17.5 Å². The number of Topliss-reactive ketones (excluding diaryl/α,β-unsaturated/α-hetero) is 2. The van der Waals surface area contributed by atoms with E-state index in [0.29, 0.717) is 6.42 Å². The van der Waals surface area contributed by atoms with Crippen molar-refractivity contribution in [3.63, 3.8) is 0 Å². The van der Waals surface area contributed by atoms with Crippen molar-refractivity contribution < 1.29 is 19.8 Å². The summed E-state index contributed by atoms with van der Waals surface area (Å²) in [5.41, 5.74) is -4.06. The van der Waals surface area contributed by atoms with E-state index in [2.05, 4.69) is 0 Å². The van der Waals surface area contributed by atoms with Crippen molar-refractivity contribution in [1.82, 2.24) is 0 Å². The lowest BCUT2D eigenvalue weighted by Gasteiger charge is -2.51. The van der Waals surface area contributed by atoms with E-state index in [1.165, 1.54) is 0 Å². The Morgan fingerprint density at radius 1 is 1.11 bits per heavy atom. The van der Waals surface area contributed by atoms with Crippen molar-refractivity contribution >= 4 is 11.6 Å². The maximum atomic E-state index is 12.5. The van der Waals surface area contributed by atoms with E-state index >= 15 is 0 Å². The van der Waals surface area contributed by atoms with Crippen LogP contribution in [0.4, 0.5) is 0 Å². The quantitative estimate of drug-likeness (QED) is 0.765. The van der Waals surface area contributed by atoms with Crippen LogP contribution in [0.25, 0.3) is 0 Å². The second kappa shape index (κ2) is 4.98. The fourth-order valence-electron chi connectivity index (χ4n) is 3.05. The number of aliphatic hydroxyl groups excluding tert-OH is 1. The molecule has 1 saturated carbocycles. The van der Waals surface area contributed by atoms with Gasteiger partial charge in [-0.15, -0.1) is 0 Å². The van der Waals surface area contributed by atoms with E-state index in [4.69, 9.17) is 0 Å². The lowest BCUT2D eigenvalue weighted by Crippen LogP contribution is -2.69. The van der Waals surface area contributed by atoms with Crippen LogP contribution in [0.15, 0.2) is 0 Å². The molecule has 0 saturated heterocycles. The Balaban J connectivity index is 3.16. The minimum absolute atomic E-state index is 0.228. The number of ketones is 2. The van der Waals surface area contributed by atoms with Gasteiger partial charge in [-0.2, -0.15) is 0 Å². The summed E-state index contributed by atoms with van der Waals surface area (Å²) in [7, 11) is 0. The van der Waals surface area contributed by atoms with Crippen molar-refractivity contribution in [3.8, 4) is 0 Å². The number of carbonyl (C=O) groups excluding carboxylic acids is 2. The normalized spacial score (nSPS) is 33.5. The first kappa shape index (κ1) is 16.3. The molecule has 0 amide bonds. The van der Waals surface area contributed by atoms with Crippen LogP contribution in [0, 0.1) is 10.8 Å². The van der Waals surface area contributed by atoms with Gasteiger partial charge in [0.25, 0.3) is 0 Å². The first-order valence-electron chi connectivity index (χ1n) is 7.03. The van der Waals surface area contributed by atoms with Gasteiger partial charge in [-0.1, -0.05) is 26.2 Å². The molecule has 0 heterocycles. The summed E-state index contributed by atoms with van der Waals surface area (Å²) in [6, 6.07) is 0. The molecule has 1 fully saturated rings. The fourth-order valence-corrected chi connectivity index (χ4v) is 3.05. The summed E-state index contributed by atoms with van der Waals surface area (Å²) in [5, 5.41) is 20.8. The largest absolute Gasteiger partial charge is 0.384 e. The standard InChI is InChI=1S/C15H26O4/c1-6-7-8-9-15(19)11(17)10(16)13(2,3)12(18)14(15,4)5/h10,16,19H,6-9H2,1-5H3. The molecule has 2 unspecified atom stereocenters. The van der Waals surface area contributed by atoms with Crippen LogP contribution in [-0.2, 0) is 9.59 Å². The van der Waals surface area contributed by atoms with Gasteiger partial charge >= 0.3 is 0 Å². The molecule has 0 bridgehead atoms. The van der Waals surface area contributed by atoms with E-state index < -0.39 is 28.3 Å². The molecule has 2 atom stereocenters. The predicted molar refractivity (Wildman–Crippen MR) is 72.7 cm³/mol. The molecule has 0 aliphatic heterocycles. The summed E-state index contributed by atoms with van der Waals surface area (Å²) in [5.74, 6) is -0.871. The molecule has 1 aliphatic rings. The highest BCUT2D eigenvalue weighted by Crippen LogP contribution is 2.48. The zero-order valence-electron chi connectivity index (χ0n) is 12.6. The Kier molecular flexibility index (Phi) is 4.28. The third-order valence-corrected chi connectivity index (χ3v) is 4.67. The van der Waals surface area contributed by atoms with Gasteiger partial charge in [0.2, 0.25) is 0 Å².